The van der Waals surface area contributed by atoms with Crippen LogP contribution in [0, 0.1) is 10.1 Å². The summed E-state index contributed by atoms with van der Waals surface area (Å²) in [5, 5.41) is 11.1. The van der Waals surface area contributed by atoms with E-state index in [9.17, 15) is 28.1 Å². The molecule has 0 radical (unpaired) electrons. The van der Waals surface area contributed by atoms with Crippen molar-refractivity contribution in [1.82, 2.24) is 4.98 Å². The van der Waals surface area contributed by atoms with E-state index in [-0.39, 0.29) is 6.04 Å². The van der Waals surface area contributed by atoms with Crippen LogP contribution in [-0.4, -0.2) is 35.6 Å². The molecule has 0 aromatic carbocycles. The molecule has 1 aromatic rings. The summed E-state index contributed by atoms with van der Waals surface area (Å²) >= 11 is 0. The van der Waals surface area contributed by atoms with Gasteiger partial charge >= 0.3 is 17.8 Å². The van der Waals surface area contributed by atoms with Crippen molar-refractivity contribution in [3.05, 3.63) is 40.1 Å². The topological polar surface area (TPSA) is 85.6 Å². The third kappa shape index (κ3) is 3.72. The van der Waals surface area contributed by atoms with Crippen molar-refractivity contribution in [1.29, 1.82) is 0 Å². The van der Waals surface area contributed by atoms with Gasteiger partial charge in [-0.2, -0.15) is 13.2 Å². The standard InChI is InChI=1S/C15H16F3N3O4/c1-3-5-9-6-4-7-20(9)13-10(15(16,17)18)8-11(21(23)24)12(19-13)14(22)25-2/h3,8-9H,1,4-7H2,2H3/t9-/m1/s1. The number of rotatable bonds is 5. The molecule has 0 bridgehead atoms. The molecular formula is C15H16F3N3O4. The zero-order valence-corrected chi connectivity index (χ0v) is 13.4. The molecule has 1 fully saturated rings. The van der Waals surface area contributed by atoms with Crippen molar-refractivity contribution in [3.8, 4) is 0 Å². The maximum atomic E-state index is 13.4. The number of hydrogen-bond acceptors (Lipinski definition) is 6. The van der Waals surface area contributed by atoms with Gasteiger partial charge in [-0.3, -0.25) is 10.1 Å². The summed E-state index contributed by atoms with van der Waals surface area (Å²) in [5.74, 6) is -1.66. The van der Waals surface area contributed by atoms with Crippen LogP contribution in [0.5, 0.6) is 0 Å². The van der Waals surface area contributed by atoms with Gasteiger partial charge in [0.15, 0.2) is 0 Å². The van der Waals surface area contributed by atoms with Crippen molar-refractivity contribution in [2.24, 2.45) is 0 Å². The molecule has 136 valence electrons. The number of carbonyl (C=O) groups is 1. The van der Waals surface area contributed by atoms with E-state index in [4.69, 9.17) is 0 Å². The second-order valence-electron chi connectivity index (χ2n) is 5.49. The number of esters is 1. The second kappa shape index (κ2) is 7.08. The lowest BCUT2D eigenvalue weighted by Crippen LogP contribution is -2.32. The van der Waals surface area contributed by atoms with E-state index in [0.717, 1.165) is 7.11 Å². The summed E-state index contributed by atoms with van der Waals surface area (Å²) in [6, 6.07) is 0.0794. The molecular weight excluding hydrogens is 343 g/mol. The normalized spacial score (nSPS) is 17.4. The fourth-order valence-corrected chi connectivity index (χ4v) is 2.86. The highest BCUT2D eigenvalue weighted by Gasteiger charge is 2.42. The molecule has 0 unspecified atom stereocenters. The molecule has 0 spiro atoms. The molecule has 25 heavy (non-hydrogen) atoms. The Balaban J connectivity index is 2.69. The van der Waals surface area contributed by atoms with Crippen LogP contribution in [-0.2, 0) is 10.9 Å². The average Bonchev–Trinajstić information content (AvgIpc) is 3.00. The lowest BCUT2D eigenvalue weighted by Gasteiger charge is -2.27. The fourth-order valence-electron chi connectivity index (χ4n) is 2.86. The third-order valence-corrected chi connectivity index (χ3v) is 3.95. The minimum Gasteiger partial charge on any atom is -0.464 e. The fraction of sp³-hybridized carbons (Fsp3) is 0.467. The van der Waals surface area contributed by atoms with Gasteiger partial charge in [0.05, 0.1) is 12.0 Å². The van der Waals surface area contributed by atoms with E-state index >= 15 is 0 Å². The number of alkyl halides is 3. The van der Waals surface area contributed by atoms with Crippen LogP contribution >= 0.6 is 0 Å². The Kier molecular flexibility index (Phi) is 5.29. The molecule has 2 rings (SSSR count). The first-order valence-electron chi connectivity index (χ1n) is 7.43. The molecule has 0 amide bonds. The summed E-state index contributed by atoms with van der Waals surface area (Å²) < 4.78 is 44.8. The van der Waals surface area contributed by atoms with E-state index in [0.29, 0.717) is 31.9 Å². The van der Waals surface area contributed by atoms with Gasteiger partial charge in [0.1, 0.15) is 11.4 Å². The zero-order chi connectivity index (χ0) is 18.8. The van der Waals surface area contributed by atoms with Gasteiger partial charge in [0, 0.05) is 18.7 Å². The van der Waals surface area contributed by atoms with Crippen molar-refractivity contribution < 1.29 is 27.6 Å². The van der Waals surface area contributed by atoms with E-state index in [1.165, 1.54) is 4.90 Å². The molecule has 0 saturated carbocycles. The van der Waals surface area contributed by atoms with Gasteiger partial charge in [-0.1, -0.05) is 6.08 Å². The summed E-state index contributed by atoms with van der Waals surface area (Å²) in [5.41, 5.74) is -3.04. The van der Waals surface area contributed by atoms with Crippen LogP contribution in [0.15, 0.2) is 18.7 Å². The highest BCUT2D eigenvalue weighted by molar-refractivity contribution is 5.92. The Hall–Kier alpha value is -2.65. The van der Waals surface area contributed by atoms with Gasteiger partial charge in [-0.25, -0.2) is 9.78 Å². The van der Waals surface area contributed by atoms with Gasteiger partial charge in [0.25, 0.3) is 0 Å². The van der Waals surface area contributed by atoms with Crippen molar-refractivity contribution in [2.75, 3.05) is 18.6 Å². The molecule has 0 aliphatic carbocycles. The van der Waals surface area contributed by atoms with E-state index < -0.39 is 39.8 Å². The minimum atomic E-state index is -4.86. The van der Waals surface area contributed by atoms with Gasteiger partial charge in [0.2, 0.25) is 5.69 Å². The number of anilines is 1. The number of nitrogens with zero attached hydrogens (tertiary/aromatic N) is 3. The molecule has 1 saturated heterocycles. The lowest BCUT2D eigenvalue weighted by atomic mass is 10.1. The summed E-state index contributed by atoms with van der Waals surface area (Å²) in [6.45, 7) is 3.89. The highest BCUT2D eigenvalue weighted by Crippen LogP contribution is 2.41. The average molecular weight is 359 g/mol. The lowest BCUT2D eigenvalue weighted by molar-refractivity contribution is -0.385. The number of methoxy groups -OCH3 is 1. The quantitative estimate of drug-likeness (QED) is 0.347. The molecule has 10 heteroatoms. The number of carbonyl (C=O) groups excluding carboxylic acids is 1. The van der Waals surface area contributed by atoms with Crippen molar-refractivity contribution in [2.45, 2.75) is 31.5 Å². The zero-order valence-electron chi connectivity index (χ0n) is 13.4. The number of aromatic nitrogens is 1. The number of ether oxygens (including phenoxy) is 1. The van der Waals surface area contributed by atoms with Gasteiger partial charge in [-0.15, -0.1) is 6.58 Å². The molecule has 7 nitrogen and oxygen atoms in total. The van der Waals surface area contributed by atoms with E-state index in [2.05, 4.69) is 16.3 Å². The van der Waals surface area contributed by atoms with Crippen LogP contribution in [0.3, 0.4) is 0 Å². The summed E-state index contributed by atoms with van der Waals surface area (Å²) in [4.78, 5) is 26.9. The smallest absolute Gasteiger partial charge is 0.420 e. The summed E-state index contributed by atoms with van der Waals surface area (Å²) in [6.07, 6.45) is -1.56. The van der Waals surface area contributed by atoms with Crippen LogP contribution in [0.25, 0.3) is 0 Å². The summed E-state index contributed by atoms with van der Waals surface area (Å²) in [7, 11) is 0.974. The first kappa shape index (κ1) is 18.7. The maximum Gasteiger partial charge on any atom is 0.420 e. The maximum absolute atomic E-state index is 13.4. The van der Waals surface area contributed by atoms with Gasteiger partial charge < -0.3 is 9.64 Å². The Morgan fingerprint density at radius 2 is 2.28 bits per heavy atom. The molecule has 1 aliphatic rings. The van der Waals surface area contributed by atoms with Gasteiger partial charge in [-0.05, 0) is 19.3 Å². The second-order valence-corrected chi connectivity index (χ2v) is 5.49. The van der Waals surface area contributed by atoms with Crippen LogP contribution in [0.2, 0.25) is 0 Å². The SMILES string of the molecule is C=CC[C@@H]1CCCN1c1nc(C(=O)OC)c([N+](=O)[O-])cc1C(F)(F)F. The Morgan fingerprint density at radius 1 is 1.60 bits per heavy atom. The van der Waals surface area contributed by atoms with Crippen LogP contribution < -0.4 is 4.90 Å². The molecule has 1 aliphatic heterocycles. The predicted molar refractivity (Wildman–Crippen MR) is 82.4 cm³/mol. The first-order valence-corrected chi connectivity index (χ1v) is 7.43. The Morgan fingerprint density at radius 3 is 2.80 bits per heavy atom. The predicted octanol–water partition coefficient (Wildman–Crippen LogP) is 3.34. The first-order chi connectivity index (χ1) is 11.7. The van der Waals surface area contributed by atoms with Crippen LogP contribution in [0.1, 0.15) is 35.3 Å². The number of pyridine rings is 1. The molecule has 0 N–H and O–H groups in total. The Labute approximate surface area is 141 Å². The Bertz CT molecular complexity index is 706. The highest BCUT2D eigenvalue weighted by atomic mass is 19.4. The van der Waals surface area contributed by atoms with Crippen molar-refractivity contribution in [3.63, 3.8) is 0 Å². The van der Waals surface area contributed by atoms with E-state index in [1.54, 1.807) is 6.08 Å². The molecule has 1 aromatic heterocycles. The monoisotopic (exact) mass is 359 g/mol. The van der Waals surface area contributed by atoms with Crippen LogP contribution in [0.4, 0.5) is 24.7 Å². The number of halogens is 3. The minimum absolute atomic E-state index is 0.266. The third-order valence-electron chi connectivity index (χ3n) is 3.95. The number of hydrogen-bond donors (Lipinski definition) is 0. The molecule has 1 atom stereocenters. The number of nitro groups is 1. The van der Waals surface area contributed by atoms with Crippen molar-refractivity contribution >= 4 is 17.5 Å². The molecule has 2 heterocycles. The van der Waals surface area contributed by atoms with E-state index in [1.807, 2.05) is 0 Å². The largest absolute Gasteiger partial charge is 0.464 e.